The van der Waals surface area contributed by atoms with Crippen LogP contribution < -0.4 is 10.6 Å². The summed E-state index contributed by atoms with van der Waals surface area (Å²) in [5.74, 6) is -2.26. The molecule has 0 aliphatic rings. The first-order valence-corrected chi connectivity index (χ1v) is 9.31. The maximum Gasteiger partial charge on any atom is 0.304 e. The van der Waals surface area contributed by atoms with Crippen molar-refractivity contribution in [2.75, 3.05) is 20.3 Å². The number of carboxylic acid groups (broad SMARTS) is 1. The van der Waals surface area contributed by atoms with Crippen LogP contribution in [-0.2, 0) is 19.1 Å². The Morgan fingerprint density at radius 3 is 2.46 bits per heavy atom. The quantitative estimate of drug-likeness (QED) is 0.448. The molecule has 0 aliphatic heterocycles. The van der Waals surface area contributed by atoms with E-state index in [1.165, 1.54) is 6.08 Å². The molecule has 2 amide bonds. The van der Waals surface area contributed by atoms with Crippen LogP contribution in [0.15, 0.2) is 43.0 Å². The molecular formula is C21H30N2O5. The van der Waals surface area contributed by atoms with Crippen molar-refractivity contribution in [1.82, 2.24) is 10.6 Å². The smallest absolute Gasteiger partial charge is 0.304 e. The lowest BCUT2D eigenvalue weighted by Gasteiger charge is -2.20. The highest BCUT2D eigenvalue weighted by Gasteiger charge is 2.21. The number of carbonyl (C=O) groups excluding carboxylic acids is 2. The zero-order chi connectivity index (χ0) is 20.9. The third-order valence-corrected chi connectivity index (χ3v) is 4.27. The fraction of sp³-hybridized carbons (Fsp3) is 0.476. The molecule has 0 saturated carbocycles. The van der Waals surface area contributed by atoms with E-state index in [2.05, 4.69) is 17.2 Å². The van der Waals surface area contributed by atoms with Crippen molar-refractivity contribution in [1.29, 1.82) is 0 Å². The van der Waals surface area contributed by atoms with E-state index in [1.54, 1.807) is 7.11 Å². The van der Waals surface area contributed by atoms with Gasteiger partial charge in [0, 0.05) is 20.1 Å². The minimum Gasteiger partial charge on any atom is -0.481 e. The molecule has 3 atom stereocenters. The summed E-state index contributed by atoms with van der Waals surface area (Å²) >= 11 is 0. The van der Waals surface area contributed by atoms with Crippen molar-refractivity contribution in [2.45, 2.75) is 32.2 Å². The summed E-state index contributed by atoms with van der Waals surface area (Å²) < 4.78 is 5.20. The molecule has 0 heterocycles. The number of allylic oxidation sites excluding steroid dienone is 1. The van der Waals surface area contributed by atoms with Gasteiger partial charge in [0.1, 0.15) is 0 Å². The molecule has 1 aromatic carbocycles. The van der Waals surface area contributed by atoms with Crippen LogP contribution in [0, 0.1) is 11.8 Å². The summed E-state index contributed by atoms with van der Waals surface area (Å²) in [7, 11) is 1.58. The van der Waals surface area contributed by atoms with Crippen LogP contribution in [0.4, 0.5) is 0 Å². The fourth-order valence-electron chi connectivity index (χ4n) is 2.83. The minimum absolute atomic E-state index is 0.0999. The second-order valence-corrected chi connectivity index (χ2v) is 6.86. The SMILES string of the molecule is C=CC[C@H](CC(=O)O)C(=O)NCC(C)CC(=O)N[C@H](COC)c1ccccc1. The van der Waals surface area contributed by atoms with Gasteiger partial charge < -0.3 is 20.5 Å². The molecule has 0 spiro atoms. The Morgan fingerprint density at radius 2 is 1.89 bits per heavy atom. The van der Waals surface area contributed by atoms with Crippen LogP contribution in [0.2, 0.25) is 0 Å². The topological polar surface area (TPSA) is 105 Å². The van der Waals surface area contributed by atoms with Crippen molar-refractivity contribution >= 4 is 17.8 Å². The third-order valence-electron chi connectivity index (χ3n) is 4.27. The summed E-state index contributed by atoms with van der Waals surface area (Å²) in [6.45, 7) is 6.06. The van der Waals surface area contributed by atoms with E-state index in [0.29, 0.717) is 19.6 Å². The lowest BCUT2D eigenvalue weighted by atomic mass is 9.99. The number of hydrogen-bond donors (Lipinski definition) is 3. The maximum atomic E-state index is 12.4. The average Bonchev–Trinajstić information content (AvgIpc) is 2.65. The molecule has 0 bridgehead atoms. The summed E-state index contributed by atoms with van der Waals surface area (Å²) in [6.07, 6.45) is 1.81. The predicted molar refractivity (Wildman–Crippen MR) is 107 cm³/mol. The number of carbonyl (C=O) groups is 3. The number of aliphatic carboxylic acids is 1. The molecule has 0 aromatic heterocycles. The van der Waals surface area contributed by atoms with Gasteiger partial charge in [0.2, 0.25) is 11.8 Å². The van der Waals surface area contributed by atoms with E-state index in [-0.39, 0.29) is 36.6 Å². The number of ether oxygens (including phenoxy) is 1. The summed E-state index contributed by atoms with van der Waals surface area (Å²) in [5, 5.41) is 14.6. The van der Waals surface area contributed by atoms with E-state index in [9.17, 15) is 14.4 Å². The van der Waals surface area contributed by atoms with Gasteiger partial charge in [0.25, 0.3) is 0 Å². The van der Waals surface area contributed by atoms with Crippen molar-refractivity contribution < 1.29 is 24.2 Å². The van der Waals surface area contributed by atoms with Crippen LogP contribution in [0.5, 0.6) is 0 Å². The van der Waals surface area contributed by atoms with Gasteiger partial charge >= 0.3 is 5.97 Å². The molecule has 3 N–H and O–H groups in total. The van der Waals surface area contributed by atoms with E-state index >= 15 is 0 Å². The highest BCUT2D eigenvalue weighted by molar-refractivity contribution is 5.83. The Hall–Kier alpha value is -2.67. The van der Waals surface area contributed by atoms with Crippen molar-refractivity contribution in [3.63, 3.8) is 0 Å². The van der Waals surface area contributed by atoms with Crippen LogP contribution in [0.3, 0.4) is 0 Å². The number of carboxylic acids is 1. The van der Waals surface area contributed by atoms with Gasteiger partial charge in [0.15, 0.2) is 0 Å². The van der Waals surface area contributed by atoms with Crippen molar-refractivity contribution in [3.05, 3.63) is 48.6 Å². The molecule has 7 nitrogen and oxygen atoms in total. The number of rotatable bonds is 13. The molecule has 0 aliphatic carbocycles. The van der Waals surface area contributed by atoms with Gasteiger partial charge in [-0.3, -0.25) is 14.4 Å². The van der Waals surface area contributed by atoms with E-state index in [4.69, 9.17) is 9.84 Å². The summed E-state index contributed by atoms with van der Waals surface area (Å²) in [5.41, 5.74) is 0.958. The van der Waals surface area contributed by atoms with Gasteiger partial charge in [0.05, 0.1) is 25.0 Å². The second kappa shape index (κ2) is 12.7. The second-order valence-electron chi connectivity index (χ2n) is 6.86. The summed E-state index contributed by atoms with van der Waals surface area (Å²) in [4.78, 5) is 35.4. The highest BCUT2D eigenvalue weighted by Crippen LogP contribution is 2.14. The Morgan fingerprint density at radius 1 is 1.21 bits per heavy atom. The number of methoxy groups -OCH3 is 1. The van der Waals surface area contributed by atoms with Crippen molar-refractivity contribution in [2.24, 2.45) is 11.8 Å². The monoisotopic (exact) mass is 390 g/mol. The molecule has 1 unspecified atom stereocenters. The van der Waals surface area contributed by atoms with Gasteiger partial charge in [-0.1, -0.05) is 43.3 Å². The Balaban J connectivity index is 2.51. The standard InChI is InChI=1S/C21H30N2O5/c1-4-8-17(12-20(25)26)21(27)22-13-15(2)11-19(24)23-18(14-28-3)16-9-6-5-7-10-16/h4-7,9-10,15,17-18H,1,8,11-14H2,2-3H3,(H,22,27)(H,23,24)(H,25,26)/t15?,17-,18-/m1/s1. The fourth-order valence-corrected chi connectivity index (χ4v) is 2.83. The average molecular weight is 390 g/mol. The highest BCUT2D eigenvalue weighted by atomic mass is 16.5. The number of nitrogens with one attached hydrogen (secondary N) is 2. The number of hydrogen-bond acceptors (Lipinski definition) is 4. The van der Waals surface area contributed by atoms with Gasteiger partial charge in [-0.15, -0.1) is 6.58 Å². The first kappa shape index (κ1) is 23.4. The van der Waals surface area contributed by atoms with E-state index < -0.39 is 11.9 Å². The van der Waals surface area contributed by atoms with E-state index in [0.717, 1.165) is 5.56 Å². The Kier molecular flexibility index (Phi) is 10.6. The largest absolute Gasteiger partial charge is 0.481 e. The predicted octanol–water partition coefficient (Wildman–Crippen LogP) is 2.30. The third kappa shape index (κ3) is 8.81. The Bertz CT molecular complexity index is 647. The first-order chi connectivity index (χ1) is 13.4. The maximum absolute atomic E-state index is 12.4. The molecule has 28 heavy (non-hydrogen) atoms. The van der Waals surface area contributed by atoms with Crippen LogP contribution >= 0.6 is 0 Å². The first-order valence-electron chi connectivity index (χ1n) is 9.31. The molecule has 0 radical (unpaired) electrons. The molecular weight excluding hydrogens is 360 g/mol. The molecule has 154 valence electrons. The number of amides is 2. The van der Waals surface area contributed by atoms with Gasteiger partial charge in [-0.05, 0) is 17.9 Å². The van der Waals surface area contributed by atoms with Crippen LogP contribution in [-0.4, -0.2) is 43.2 Å². The van der Waals surface area contributed by atoms with Gasteiger partial charge in [-0.2, -0.15) is 0 Å². The van der Waals surface area contributed by atoms with E-state index in [1.807, 2.05) is 37.3 Å². The molecule has 1 rings (SSSR count). The van der Waals surface area contributed by atoms with Crippen molar-refractivity contribution in [3.8, 4) is 0 Å². The minimum atomic E-state index is -1.03. The van der Waals surface area contributed by atoms with Crippen LogP contribution in [0.1, 0.15) is 37.8 Å². The number of benzene rings is 1. The molecule has 1 aromatic rings. The zero-order valence-corrected chi connectivity index (χ0v) is 16.5. The lowest BCUT2D eigenvalue weighted by molar-refractivity contribution is -0.141. The zero-order valence-electron chi connectivity index (χ0n) is 16.5. The molecule has 7 heteroatoms. The molecule has 0 saturated heterocycles. The summed E-state index contributed by atoms with van der Waals surface area (Å²) in [6, 6.07) is 9.32. The normalized spacial score (nSPS) is 13.8. The lowest BCUT2D eigenvalue weighted by Crippen LogP contribution is -2.37. The van der Waals surface area contributed by atoms with Crippen LogP contribution in [0.25, 0.3) is 0 Å². The Labute approximate surface area is 166 Å². The van der Waals surface area contributed by atoms with Gasteiger partial charge in [-0.25, -0.2) is 0 Å². The molecule has 0 fully saturated rings.